The monoisotopic (exact) mass is 329 g/mol. The molecule has 2 atom stereocenters. The first kappa shape index (κ1) is 16.1. The lowest BCUT2D eigenvalue weighted by molar-refractivity contribution is 0.0701. The number of aryl methyl sites for hydroxylation is 1. The molecular weight excluding hydrogens is 310 g/mol. The van der Waals surface area contributed by atoms with E-state index >= 15 is 0 Å². The molecule has 0 spiro atoms. The highest BCUT2D eigenvalue weighted by molar-refractivity contribution is 7.99. The molecule has 6 nitrogen and oxygen atoms in total. The Morgan fingerprint density at radius 1 is 1.48 bits per heavy atom. The predicted molar refractivity (Wildman–Crippen MR) is 84.1 cm³/mol. The second-order valence-electron chi connectivity index (χ2n) is 4.97. The fraction of sp³-hybridized carbons (Fsp3) is 0.615. The van der Waals surface area contributed by atoms with E-state index in [2.05, 4.69) is 21.9 Å². The molecule has 1 aromatic heterocycles. The highest BCUT2D eigenvalue weighted by Gasteiger charge is 2.27. The zero-order valence-electron chi connectivity index (χ0n) is 12.0. The van der Waals surface area contributed by atoms with Crippen LogP contribution in [-0.2, 0) is 6.54 Å². The average molecular weight is 329 g/mol. The summed E-state index contributed by atoms with van der Waals surface area (Å²) in [6.07, 6.45) is 5.36. The van der Waals surface area contributed by atoms with Crippen molar-refractivity contribution in [2.24, 2.45) is 0 Å². The van der Waals surface area contributed by atoms with Crippen LogP contribution in [0.3, 0.4) is 0 Å². The average Bonchev–Trinajstić information content (AvgIpc) is 3.02. The third-order valence-corrected chi connectivity index (χ3v) is 5.82. The van der Waals surface area contributed by atoms with Gasteiger partial charge in [0.2, 0.25) is 0 Å². The molecule has 0 aliphatic heterocycles. The van der Waals surface area contributed by atoms with E-state index in [1.807, 2.05) is 0 Å². The summed E-state index contributed by atoms with van der Waals surface area (Å²) in [5.74, 6) is -0.977. The number of urea groups is 1. The number of hydrogen-bond donors (Lipinski definition) is 3. The smallest absolute Gasteiger partial charge is 0.347 e. The molecule has 1 heterocycles. The first-order valence-corrected chi connectivity index (χ1v) is 8.88. The molecule has 0 bridgehead atoms. The maximum atomic E-state index is 11.9. The minimum Gasteiger partial charge on any atom is -0.477 e. The van der Waals surface area contributed by atoms with E-state index in [9.17, 15) is 9.59 Å². The van der Waals surface area contributed by atoms with Crippen LogP contribution in [-0.4, -0.2) is 39.6 Å². The van der Waals surface area contributed by atoms with Gasteiger partial charge in [0.1, 0.15) is 9.88 Å². The van der Waals surface area contributed by atoms with Crippen molar-refractivity contribution in [2.45, 2.75) is 44.0 Å². The Morgan fingerprint density at radius 3 is 2.86 bits per heavy atom. The van der Waals surface area contributed by atoms with Crippen LogP contribution < -0.4 is 10.6 Å². The van der Waals surface area contributed by atoms with Crippen LogP contribution in [0.5, 0.6) is 0 Å². The first-order chi connectivity index (χ1) is 10.0. The Morgan fingerprint density at radius 2 is 2.24 bits per heavy atom. The maximum Gasteiger partial charge on any atom is 0.347 e. The molecule has 2 unspecified atom stereocenters. The Kier molecular flexibility index (Phi) is 5.46. The second-order valence-corrected chi connectivity index (χ2v) is 7.13. The van der Waals surface area contributed by atoms with E-state index < -0.39 is 5.97 Å². The zero-order valence-corrected chi connectivity index (χ0v) is 13.6. The van der Waals surface area contributed by atoms with Crippen LogP contribution in [0.25, 0.3) is 0 Å². The fourth-order valence-electron chi connectivity index (χ4n) is 2.47. The van der Waals surface area contributed by atoms with Gasteiger partial charge in [0, 0.05) is 11.3 Å². The summed E-state index contributed by atoms with van der Waals surface area (Å²) in [6.45, 7) is 1.91. The number of aromatic nitrogens is 1. The van der Waals surface area contributed by atoms with Gasteiger partial charge in [0.05, 0.1) is 12.2 Å². The zero-order chi connectivity index (χ0) is 15.4. The van der Waals surface area contributed by atoms with Crippen molar-refractivity contribution in [3.05, 3.63) is 15.6 Å². The number of carbonyl (C=O) groups excluding carboxylic acids is 1. The molecule has 2 amide bonds. The second kappa shape index (κ2) is 7.13. The van der Waals surface area contributed by atoms with E-state index in [0.29, 0.717) is 16.0 Å². The van der Waals surface area contributed by atoms with Gasteiger partial charge < -0.3 is 15.7 Å². The van der Waals surface area contributed by atoms with Crippen LogP contribution in [0.1, 0.15) is 39.6 Å². The molecule has 21 heavy (non-hydrogen) atoms. The van der Waals surface area contributed by atoms with Gasteiger partial charge >= 0.3 is 12.0 Å². The highest BCUT2D eigenvalue weighted by Crippen LogP contribution is 2.28. The van der Waals surface area contributed by atoms with E-state index in [0.717, 1.165) is 30.6 Å². The van der Waals surface area contributed by atoms with Gasteiger partial charge in [0.15, 0.2) is 0 Å². The molecule has 1 fully saturated rings. The van der Waals surface area contributed by atoms with Gasteiger partial charge in [-0.2, -0.15) is 11.8 Å². The normalized spacial score (nSPS) is 21.2. The Balaban J connectivity index is 1.84. The summed E-state index contributed by atoms with van der Waals surface area (Å²) >= 11 is 2.89. The lowest BCUT2D eigenvalue weighted by atomic mass is 10.2. The lowest BCUT2D eigenvalue weighted by Gasteiger charge is -2.19. The van der Waals surface area contributed by atoms with Crippen LogP contribution in [0.2, 0.25) is 0 Å². The Labute approximate surface area is 131 Å². The van der Waals surface area contributed by atoms with Crippen molar-refractivity contribution in [1.82, 2.24) is 15.6 Å². The SMILES string of the molecule is CSC1CCCC1NC(=O)NCc1nc(C)c(C(=O)O)s1. The number of nitrogens with zero attached hydrogens (tertiary/aromatic N) is 1. The minimum absolute atomic E-state index is 0.215. The third kappa shape index (κ3) is 4.10. The summed E-state index contributed by atoms with van der Waals surface area (Å²) in [5.41, 5.74) is 0.489. The van der Waals surface area contributed by atoms with E-state index in [1.165, 1.54) is 0 Å². The molecule has 8 heteroatoms. The number of amides is 2. The molecule has 0 radical (unpaired) electrons. The molecule has 1 aromatic rings. The molecular formula is C13H19N3O3S2. The van der Waals surface area contributed by atoms with Crippen LogP contribution >= 0.6 is 23.1 Å². The summed E-state index contributed by atoms with van der Waals surface area (Å²) in [7, 11) is 0. The number of nitrogens with one attached hydrogen (secondary N) is 2. The number of hydrogen-bond acceptors (Lipinski definition) is 5. The minimum atomic E-state index is -0.977. The standard InChI is InChI=1S/C13H19N3O3S2/c1-7-11(12(17)18)21-10(15-7)6-14-13(19)16-8-4-3-5-9(8)20-2/h8-9H,3-6H2,1-2H3,(H,17,18)(H2,14,16,19). The van der Waals surface area contributed by atoms with Crippen molar-refractivity contribution in [1.29, 1.82) is 0 Å². The summed E-state index contributed by atoms with van der Waals surface area (Å²) in [5, 5.41) is 15.8. The Bertz CT molecular complexity index is 533. The summed E-state index contributed by atoms with van der Waals surface area (Å²) in [4.78, 5) is 27.2. The molecule has 1 aliphatic rings. The third-order valence-electron chi connectivity index (χ3n) is 3.51. The topological polar surface area (TPSA) is 91.3 Å². The lowest BCUT2D eigenvalue weighted by Crippen LogP contribution is -2.44. The van der Waals surface area contributed by atoms with Crippen molar-refractivity contribution in [3.63, 3.8) is 0 Å². The molecule has 3 N–H and O–H groups in total. The molecule has 116 valence electrons. The molecule has 1 aliphatic carbocycles. The highest BCUT2D eigenvalue weighted by atomic mass is 32.2. The maximum absolute atomic E-state index is 11.9. The summed E-state index contributed by atoms with van der Waals surface area (Å²) in [6, 6.07) is -0.00158. The van der Waals surface area contributed by atoms with Gasteiger partial charge in [-0.3, -0.25) is 0 Å². The van der Waals surface area contributed by atoms with Crippen LogP contribution in [0.15, 0.2) is 0 Å². The quantitative estimate of drug-likeness (QED) is 0.770. The number of thiazole rings is 1. The van der Waals surface area contributed by atoms with Gasteiger partial charge in [-0.15, -0.1) is 11.3 Å². The van der Waals surface area contributed by atoms with Gasteiger partial charge in [-0.25, -0.2) is 14.6 Å². The van der Waals surface area contributed by atoms with Crippen LogP contribution in [0, 0.1) is 6.92 Å². The molecule has 0 aromatic carbocycles. The van der Waals surface area contributed by atoms with Crippen molar-refractivity contribution in [2.75, 3.05) is 6.26 Å². The largest absolute Gasteiger partial charge is 0.477 e. The van der Waals surface area contributed by atoms with E-state index in [1.54, 1.807) is 18.7 Å². The van der Waals surface area contributed by atoms with Gasteiger partial charge in [0.25, 0.3) is 0 Å². The molecule has 0 saturated heterocycles. The van der Waals surface area contributed by atoms with Crippen molar-refractivity contribution >= 4 is 35.1 Å². The number of carboxylic acids is 1. The number of aromatic carboxylic acids is 1. The fourth-order valence-corrected chi connectivity index (χ4v) is 4.25. The molecule has 1 saturated carbocycles. The first-order valence-electron chi connectivity index (χ1n) is 6.78. The number of carbonyl (C=O) groups is 2. The van der Waals surface area contributed by atoms with Crippen molar-refractivity contribution < 1.29 is 14.7 Å². The van der Waals surface area contributed by atoms with Crippen LogP contribution in [0.4, 0.5) is 4.79 Å². The van der Waals surface area contributed by atoms with Gasteiger partial charge in [-0.05, 0) is 26.0 Å². The van der Waals surface area contributed by atoms with Crippen molar-refractivity contribution in [3.8, 4) is 0 Å². The van der Waals surface area contributed by atoms with E-state index in [4.69, 9.17) is 5.11 Å². The number of carboxylic acid groups (broad SMARTS) is 1. The molecule has 2 rings (SSSR count). The summed E-state index contributed by atoms with van der Waals surface area (Å²) < 4.78 is 0. The number of rotatable bonds is 5. The van der Waals surface area contributed by atoms with Gasteiger partial charge in [-0.1, -0.05) is 6.42 Å². The predicted octanol–water partition coefficient (Wildman–Crippen LogP) is 2.23. The number of thioether (sulfide) groups is 1. The van der Waals surface area contributed by atoms with E-state index in [-0.39, 0.29) is 23.5 Å². The Hall–Kier alpha value is -1.28.